The van der Waals surface area contributed by atoms with E-state index in [1.54, 1.807) is 35.7 Å². The SMILES string of the molecule is CC(C)CNC(=O)[C@@H](C)N(Cc1ccc(Cl)cc1)C(=O)CSCc1ccccc1. The third kappa shape index (κ3) is 8.11. The normalized spacial score (nSPS) is 11.9. The summed E-state index contributed by atoms with van der Waals surface area (Å²) >= 11 is 7.53. The van der Waals surface area contributed by atoms with Crippen molar-refractivity contribution in [1.29, 1.82) is 0 Å². The van der Waals surface area contributed by atoms with E-state index in [-0.39, 0.29) is 11.8 Å². The van der Waals surface area contributed by atoms with Crippen LogP contribution in [-0.4, -0.2) is 35.1 Å². The molecule has 156 valence electrons. The Hall–Kier alpha value is -1.98. The van der Waals surface area contributed by atoms with Crippen LogP contribution in [0, 0.1) is 5.92 Å². The fourth-order valence-electron chi connectivity index (χ4n) is 2.73. The van der Waals surface area contributed by atoms with Crippen LogP contribution in [-0.2, 0) is 21.9 Å². The Morgan fingerprint density at radius 1 is 1.00 bits per heavy atom. The van der Waals surface area contributed by atoms with E-state index in [0.717, 1.165) is 11.3 Å². The molecule has 0 fully saturated rings. The summed E-state index contributed by atoms with van der Waals surface area (Å²) in [4.78, 5) is 27.2. The molecule has 0 aliphatic heterocycles. The summed E-state index contributed by atoms with van der Waals surface area (Å²) in [6, 6.07) is 16.9. The number of halogens is 1. The van der Waals surface area contributed by atoms with Gasteiger partial charge in [-0.15, -0.1) is 11.8 Å². The lowest BCUT2D eigenvalue weighted by molar-refractivity contribution is -0.138. The number of hydrogen-bond acceptors (Lipinski definition) is 3. The van der Waals surface area contributed by atoms with Gasteiger partial charge in [0.1, 0.15) is 6.04 Å². The van der Waals surface area contributed by atoms with Crippen molar-refractivity contribution in [2.45, 2.75) is 39.1 Å². The molecule has 1 N–H and O–H groups in total. The van der Waals surface area contributed by atoms with Crippen LogP contribution < -0.4 is 5.32 Å². The highest BCUT2D eigenvalue weighted by molar-refractivity contribution is 7.99. The van der Waals surface area contributed by atoms with Gasteiger partial charge < -0.3 is 10.2 Å². The van der Waals surface area contributed by atoms with Crippen LogP contribution in [0.3, 0.4) is 0 Å². The molecule has 2 aromatic rings. The first kappa shape index (κ1) is 23.3. The largest absolute Gasteiger partial charge is 0.354 e. The molecule has 0 unspecified atom stereocenters. The van der Waals surface area contributed by atoms with Gasteiger partial charge in [-0.2, -0.15) is 0 Å². The van der Waals surface area contributed by atoms with E-state index in [1.807, 2.05) is 56.3 Å². The van der Waals surface area contributed by atoms with Crippen LogP contribution in [0.4, 0.5) is 0 Å². The van der Waals surface area contributed by atoms with Crippen molar-refractivity contribution < 1.29 is 9.59 Å². The number of rotatable bonds is 10. The molecule has 2 rings (SSSR count). The van der Waals surface area contributed by atoms with E-state index < -0.39 is 6.04 Å². The quantitative estimate of drug-likeness (QED) is 0.588. The molecule has 2 amide bonds. The molecule has 0 heterocycles. The first-order chi connectivity index (χ1) is 13.9. The molecular weight excluding hydrogens is 404 g/mol. The average Bonchev–Trinajstić information content (AvgIpc) is 2.71. The monoisotopic (exact) mass is 432 g/mol. The number of amides is 2. The summed E-state index contributed by atoms with van der Waals surface area (Å²) in [6.07, 6.45) is 0. The Kier molecular flexibility index (Phi) is 9.55. The highest BCUT2D eigenvalue weighted by Crippen LogP contribution is 2.17. The number of carbonyl (C=O) groups excluding carboxylic acids is 2. The Bertz CT molecular complexity index is 781. The van der Waals surface area contributed by atoms with Crippen LogP contribution in [0.25, 0.3) is 0 Å². The summed E-state index contributed by atoms with van der Waals surface area (Å²) < 4.78 is 0. The molecule has 0 saturated heterocycles. The Morgan fingerprint density at radius 2 is 1.66 bits per heavy atom. The zero-order valence-corrected chi connectivity index (χ0v) is 18.8. The third-order valence-corrected chi connectivity index (χ3v) is 5.70. The summed E-state index contributed by atoms with van der Waals surface area (Å²) in [6.45, 7) is 6.84. The second kappa shape index (κ2) is 11.9. The summed E-state index contributed by atoms with van der Waals surface area (Å²) in [5.41, 5.74) is 2.12. The minimum Gasteiger partial charge on any atom is -0.354 e. The van der Waals surface area contributed by atoms with Gasteiger partial charge in [0.2, 0.25) is 11.8 Å². The fourth-order valence-corrected chi connectivity index (χ4v) is 3.73. The number of benzene rings is 2. The Labute approximate surface area is 183 Å². The topological polar surface area (TPSA) is 49.4 Å². The van der Waals surface area contributed by atoms with Gasteiger partial charge in [-0.25, -0.2) is 0 Å². The first-order valence-electron chi connectivity index (χ1n) is 9.80. The van der Waals surface area contributed by atoms with Gasteiger partial charge in [-0.1, -0.05) is 67.9 Å². The van der Waals surface area contributed by atoms with E-state index in [0.29, 0.717) is 29.8 Å². The molecular formula is C23H29ClN2O2S. The van der Waals surface area contributed by atoms with Crippen molar-refractivity contribution in [3.8, 4) is 0 Å². The molecule has 6 heteroatoms. The molecule has 0 radical (unpaired) electrons. The van der Waals surface area contributed by atoms with Crippen molar-refractivity contribution in [3.63, 3.8) is 0 Å². The lowest BCUT2D eigenvalue weighted by Crippen LogP contribution is -2.48. The van der Waals surface area contributed by atoms with Crippen molar-refractivity contribution in [3.05, 3.63) is 70.7 Å². The van der Waals surface area contributed by atoms with Crippen LogP contribution in [0.2, 0.25) is 5.02 Å². The number of nitrogens with one attached hydrogen (secondary N) is 1. The van der Waals surface area contributed by atoms with Gasteiger partial charge in [0.25, 0.3) is 0 Å². The second-order valence-corrected chi connectivity index (χ2v) is 8.86. The first-order valence-corrected chi connectivity index (χ1v) is 11.3. The zero-order chi connectivity index (χ0) is 21.2. The van der Waals surface area contributed by atoms with Crippen molar-refractivity contribution in [2.75, 3.05) is 12.3 Å². The van der Waals surface area contributed by atoms with Gasteiger partial charge in [0.05, 0.1) is 5.75 Å². The van der Waals surface area contributed by atoms with Gasteiger partial charge in [0, 0.05) is 23.9 Å². The van der Waals surface area contributed by atoms with Crippen LogP contribution >= 0.6 is 23.4 Å². The lowest BCUT2D eigenvalue weighted by atomic mass is 10.1. The zero-order valence-electron chi connectivity index (χ0n) is 17.2. The molecule has 1 atom stereocenters. The Balaban J connectivity index is 2.04. The van der Waals surface area contributed by atoms with E-state index in [4.69, 9.17) is 11.6 Å². The summed E-state index contributed by atoms with van der Waals surface area (Å²) in [5.74, 6) is 1.26. The highest BCUT2D eigenvalue weighted by Gasteiger charge is 2.26. The summed E-state index contributed by atoms with van der Waals surface area (Å²) in [7, 11) is 0. The molecule has 2 aromatic carbocycles. The van der Waals surface area contributed by atoms with E-state index in [9.17, 15) is 9.59 Å². The van der Waals surface area contributed by atoms with Crippen molar-refractivity contribution >= 4 is 35.2 Å². The maximum atomic E-state index is 13.0. The Morgan fingerprint density at radius 3 is 2.28 bits per heavy atom. The number of thioether (sulfide) groups is 1. The van der Waals surface area contributed by atoms with E-state index in [2.05, 4.69) is 5.32 Å². The smallest absolute Gasteiger partial charge is 0.242 e. The maximum Gasteiger partial charge on any atom is 0.242 e. The molecule has 0 aliphatic rings. The molecule has 0 spiro atoms. The number of carbonyl (C=O) groups is 2. The lowest BCUT2D eigenvalue weighted by Gasteiger charge is -2.29. The van der Waals surface area contributed by atoms with Crippen LogP contribution in [0.15, 0.2) is 54.6 Å². The van der Waals surface area contributed by atoms with Gasteiger partial charge in [0.15, 0.2) is 0 Å². The standard InChI is InChI=1S/C23H29ClN2O2S/c1-17(2)13-25-23(28)18(3)26(14-19-9-11-21(24)12-10-19)22(27)16-29-15-20-7-5-4-6-8-20/h4-12,17-18H,13-16H2,1-3H3,(H,25,28)/t18-/m1/s1. The molecule has 0 bridgehead atoms. The third-order valence-electron chi connectivity index (χ3n) is 4.46. The predicted octanol–water partition coefficient (Wildman–Crippen LogP) is 4.76. The average molecular weight is 433 g/mol. The maximum absolute atomic E-state index is 13.0. The summed E-state index contributed by atoms with van der Waals surface area (Å²) in [5, 5.41) is 3.58. The van der Waals surface area contributed by atoms with E-state index in [1.165, 1.54) is 5.56 Å². The molecule has 0 aromatic heterocycles. The molecule has 29 heavy (non-hydrogen) atoms. The highest BCUT2D eigenvalue weighted by atomic mass is 35.5. The van der Waals surface area contributed by atoms with Gasteiger partial charge in [-0.3, -0.25) is 9.59 Å². The van der Waals surface area contributed by atoms with Crippen molar-refractivity contribution in [1.82, 2.24) is 10.2 Å². The fraction of sp³-hybridized carbons (Fsp3) is 0.391. The van der Waals surface area contributed by atoms with E-state index >= 15 is 0 Å². The second-order valence-electron chi connectivity index (χ2n) is 7.44. The number of hydrogen-bond donors (Lipinski definition) is 1. The molecule has 4 nitrogen and oxygen atoms in total. The number of nitrogens with zero attached hydrogens (tertiary/aromatic N) is 1. The predicted molar refractivity (Wildman–Crippen MR) is 122 cm³/mol. The molecule has 0 saturated carbocycles. The van der Waals surface area contributed by atoms with Crippen molar-refractivity contribution in [2.24, 2.45) is 5.92 Å². The minimum absolute atomic E-state index is 0.0481. The van der Waals surface area contributed by atoms with Crippen LogP contribution in [0.5, 0.6) is 0 Å². The van der Waals surface area contributed by atoms with Crippen LogP contribution in [0.1, 0.15) is 31.9 Å². The van der Waals surface area contributed by atoms with Gasteiger partial charge in [-0.05, 0) is 36.1 Å². The minimum atomic E-state index is -0.547. The molecule has 0 aliphatic carbocycles. The van der Waals surface area contributed by atoms with Gasteiger partial charge >= 0.3 is 0 Å².